The molecular formula is C20H25N3O. The molecule has 1 fully saturated rings. The smallest absolute Gasteiger partial charge is 0.276 e. The normalized spacial score (nSPS) is 15.3. The molecule has 0 saturated carbocycles. The Labute approximate surface area is 144 Å². The molecule has 1 aliphatic rings. The highest BCUT2D eigenvalue weighted by Crippen LogP contribution is 2.23. The van der Waals surface area contributed by atoms with Gasteiger partial charge in [-0.15, -0.1) is 0 Å². The zero-order valence-electron chi connectivity index (χ0n) is 14.5. The van der Waals surface area contributed by atoms with Crippen molar-refractivity contribution in [2.24, 2.45) is 5.92 Å². The Morgan fingerprint density at radius 3 is 2.46 bits per heavy atom. The van der Waals surface area contributed by atoms with Gasteiger partial charge in [-0.1, -0.05) is 25.1 Å². The summed E-state index contributed by atoms with van der Waals surface area (Å²) < 4.78 is 0. The Morgan fingerprint density at radius 1 is 1.17 bits per heavy atom. The standard InChI is InChI=1S/C20H25N3O/c1-3-23(17-7-5-4-6-8-17)20(24)19-10-9-18(15-21-19)22-13-11-16(2)12-14-22/h4-10,15-16H,3,11-14H2,1-2H3. The van der Waals surface area contributed by atoms with Crippen LogP contribution in [0.1, 0.15) is 37.2 Å². The lowest BCUT2D eigenvalue weighted by atomic mass is 9.99. The van der Waals surface area contributed by atoms with Crippen molar-refractivity contribution in [3.63, 3.8) is 0 Å². The molecule has 1 aromatic heterocycles. The monoisotopic (exact) mass is 323 g/mol. The number of carbonyl (C=O) groups is 1. The Bertz CT molecular complexity index is 661. The average molecular weight is 323 g/mol. The van der Waals surface area contributed by atoms with Crippen LogP contribution in [0.4, 0.5) is 11.4 Å². The van der Waals surface area contributed by atoms with Crippen molar-refractivity contribution in [3.05, 3.63) is 54.4 Å². The van der Waals surface area contributed by atoms with Crippen LogP contribution in [0.5, 0.6) is 0 Å². The fraction of sp³-hybridized carbons (Fsp3) is 0.400. The van der Waals surface area contributed by atoms with Crippen LogP contribution < -0.4 is 9.80 Å². The number of para-hydroxylation sites is 1. The van der Waals surface area contributed by atoms with Gasteiger partial charge in [0.2, 0.25) is 0 Å². The second kappa shape index (κ2) is 7.47. The summed E-state index contributed by atoms with van der Waals surface area (Å²) in [6, 6.07) is 13.6. The van der Waals surface area contributed by atoms with Crippen LogP contribution in [0.25, 0.3) is 0 Å². The molecule has 126 valence electrons. The predicted octanol–water partition coefficient (Wildman–Crippen LogP) is 3.98. The summed E-state index contributed by atoms with van der Waals surface area (Å²) in [6.45, 7) is 7.05. The van der Waals surface area contributed by atoms with E-state index in [4.69, 9.17) is 0 Å². The van der Waals surface area contributed by atoms with Gasteiger partial charge in [0.25, 0.3) is 5.91 Å². The number of anilines is 2. The van der Waals surface area contributed by atoms with Crippen LogP contribution in [-0.2, 0) is 0 Å². The molecule has 1 saturated heterocycles. The quantitative estimate of drug-likeness (QED) is 0.854. The minimum absolute atomic E-state index is 0.0532. The summed E-state index contributed by atoms with van der Waals surface area (Å²) in [4.78, 5) is 21.3. The maximum atomic E-state index is 12.8. The molecule has 0 unspecified atom stereocenters. The molecule has 0 radical (unpaired) electrons. The van der Waals surface area contributed by atoms with E-state index in [-0.39, 0.29) is 5.91 Å². The summed E-state index contributed by atoms with van der Waals surface area (Å²) in [5.41, 5.74) is 2.51. The van der Waals surface area contributed by atoms with Gasteiger partial charge in [-0.05, 0) is 49.9 Å². The van der Waals surface area contributed by atoms with Gasteiger partial charge in [0.1, 0.15) is 5.69 Å². The molecule has 0 N–H and O–H groups in total. The van der Waals surface area contributed by atoms with Crippen molar-refractivity contribution in [2.45, 2.75) is 26.7 Å². The van der Waals surface area contributed by atoms with Crippen molar-refractivity contribution in [2.75, 3.05) is 29.4 Å². The molecule has 2 aromatic rings. The highest BCUT2D eigenvalue weighted by molar-refractivity contribution is 6.04. The first kappa shape index (κ1) is 16.5. The van der Waals surface area contributed by atoms with E-state index in [2.05, 4.69) is 16.8 Å². The molecule has 24 heavy (non-hydrogen) atoms. The molecule has 0 atom stereocenters. The highest BCUT2D eigenvalue weighted by atomic mass is 16.2. The van der Waals surface area contributed by atoms with Gasteiger partial charge in [-0.25, -0.2) is 4.98 Å². The fourth-order valence-corrected chi connectivity index (χ4v) is 3.16. The van der Waals surface area contributed by atoms with E-state index in [1.807, 2.05) is 55.6 Å². The second-order valence-corrected chi connectivity index (χ2v) is 6.46. The number of amides is 1. The molecular weight excluding hydrogens is 298 g/mol. The minimum Gasteiger partial charge on any atom is -0.370 e. The van der Waals surface area contributed by atoms with E-state index < -0.39 is 0 Å². The van der Waals surface area contributed by atoms with Crippen LogP contribution in [0, 0.1) is 5.92 Å². The molecule has 0 aliphatic carbocycles. The van der Waals surface area contributed by atoms with E-state index in [1.165, 1.54) is 12.8 Å². The molecule has 0 spiro atoms. The third-order valence-electron chi connectivity index (χ3n) is 4.75. The highest BCUT2D eigenvalue weighted by Gasteiger charge is 2.19. The van der Waals surface area contributed by atoms with Crippen LogP contribution in [-0.4, -0.2) is 30.5 Å². The Hall–Kier alpha value is -2.36. The van der Waals surface area contributed by atoms with Gasteiger partial charge < -0.3 is 9.80 Å². The number of carbonyl (C=O) groups excluding carboxylic acids is 1. The Balaban J connectivity index is 1.73. The Kier molecular flexibility index (Phi) is 5.14. The van der Waals surface area contributed by atoms with Crippen LogP contribution >= 0.6 is 0 Å². The van der Waals surface area contributed by atoms with Gasteiger partial charge in [-0.3, -0.25) is 4.79 Å². The number of rotatable bonds is 4. The lowest BCUT2D eigenvalue weighted by Gasteiger charge is -2.32. The van der Waals surface area contributed by atoms with E-state index in [0.29, 0.717) is 12.2 Å². The molecule has 4 nitrogen and oxygen atoms in total. The van der Waals surface area contributed by atoms with Gasteiger partial charge in [0, 0.05) is 25.3 Å². The predicted molar refractivity (Wildman–Crippen MR) is 98.6 cm³/mol. The zero-order chi connectivity index (χ0) is 16.9. The number of nitrogens with zero attached hydrogens (tertiary/aromatic N) is 3. The molecule has 0 bridgehead atoms. The lowest BCUT2D eigenvalue weighted by Crippen LogP contribution is -2.33. The SMILES string of the molecule is CCN(C(=O)c1ccc(N2CCC(C)CC2)cn1)c1ccccc1. The average Bonchev–Trinajstić information content (AvgIpc) is 2.64. The summed E-state index contributed by atoms with van der Waals surface area (Å²) in [7, 11) is 0. The molecule has 4 heteroatoms. The Morgan fingerprint density at radius 2 is 1.88 bits per heavy atom. The van der Waals surface area contributed by atoms with Gasteiger partial charge >= 0.3 is 0 Å². The number of hydrogen-bond acceptors (Lipinski definition) is 3. The van der Waals surface area contributed by atoms with Crippen LogP contribution in [0.15, 0.2) is 48.7 Å². The zero-order valence-corrected chi connectivity index (χ0v) is 14.5. The summed E-state index contributed by atoms with van der Waals surface area (Å²) in [5, 5.41) is 0. The molecule has 3 rings (SSSR count). The van der Waals surface area contributed by atoms with Gasteiger partial charge in [0.05, 0.1) is 11.9 Å². The van der Waals surface area contributed by atoms with Crippen molar-refractivity contribution in [1.82, 2.24) is 4.98 Å². The first-order chi connectivity index (χ1) is 11.7. The summed E-state index contributed by atoms with van der Waals surface area (Å²) in [6.07, 6.45) is 4.28. The number of benzene rings is 1. The van der Waals surface area contributed by atoms with Crippen molar-refractivity contribution in [3.8, 4) is 0 Å². The van der Waals surface area contributed by atoms with Crippen molar-refractivity contribution in [1.29, 1.82) is 0 Å². The third kappa shape index (κ3) is 3.58. The topological polar surface area (TPSA) is 36.4 Å². The van der Waals surface area contributed by atoms with E-state index in [9.17, 15) is 4.79 Å². The van der Waals surface area contributed by atoms with Gasteiger partial charge in [0.15, 0.2) is 0 Å². The van der Waals surface area contributed by atoms with E-state index in [0.717, 1.165) is 30.4 Å². The molecule has 1 aliphatic heterocycles. The lowest BCUT2D eigenvalue weighted by molar-refractivity contribution is 0.0983. The molecule has 1 amide bonds. The van der Waals surface area contributed by atoms with Crippen LogP contribution in [0.2, 0.25) is 0 Å². The van der Waals surface area contributed by atoms with Crippen molar-refractivity contribution >= 4 is 17.3 Å². The van der Waals surface area contributed by atoms with Crippen LogP contribution in [0.3, 0.4) is 0 Å². The maximum absolute atomic E-state index is 12.8. The minimum atomic E-state index is -0.0532. The largest absolute Gasteiger partial charge is 0.370 e. The van der Waals surface area contributed by atoms with Crippen molar-refractivity contribution < 1.29 is 4.79 Å². The van der Waals surface area contributed by atoms with E-state index in [1.54, 1.807) is 4.90 Å². The number of piperidine rings is 1. The first-order valence-electron chi connectivity index (χ1n) is 8.77. The third-order valence-corrected chi connectivity index (χ3v) is 4.75. The number of pyridine rings is 1. The second-order valence-electron chi connectivity index (χ2n) is 6.46. The number of aromatic nitrogens is 1. The maximum Gasteiger partial charge on any atom is 0.276 e. The fourth-order valence-electron chi connectivity index (χ4n) is 3.16. The van der Waals surface area contributed by atoms with E-state index >= 15 is 0 Å². The summed E-state index contributed by atoms with van der Waals surface area (Å²) >= 11 is 0. The summed E-state index contributed by atoms with van der Waals surface area (Å²) in [5.74, 6) is 0.751. The molecule has 2 heterocycles. The molecule has 1 aromatic carbocycles. The van der Waals surface area contributed by atoms with Gasteiger partial charge in [-0.2, -0.15) is 0 Å². The first-order valence-corrected chi connectivity index (χ1v) is 8.77. The number of hydrogen-bond donors (Lipinski definition) is 0.